The van der Waals surface area contributed by atoms with Crippen molar-refractivity contribution >= 4 is 0 Å². The van der Waals surface area contributed by atoms with Gasteiger partial charge in [0.1, 0.15) is 0 Å². The van der Waals surface area contributed by atoms with E-state index in [4.69, 9.17) is 4.74 Å². The summed E-state index contributed by atoms with van der Waals surface area (Å²) in [7, 11) is 1.76. The highest BCUT2D eigenvalue weighted by atomic mass is 16.5. The Balaban J connectivity index is 2.10. The molecule has 0 aliphatic carbocycles. The van der Waals surface area contributed by atoms with E-state index < -0.39 is 0 Å². The minimum absolute atomic E-state index is 0.510. The highest BCUT2D eigenvalue weighted by molar-refractivity contribution is 5.13. The Morgan fingerprint density at radius 3 is 3.14 bits per heavy atom. The molecule has 0 bridgehead atoms. The van der Waals surface area contributed by atoms with Crippen LogP contribution < -0.4 is 5.32 Å². The first-order valence-electron chi connectivity index (χ1n) is 5.02. The zero-order valence-electron chi connectivity index (χ0n) is 8.44. The molecule has 1 aromatic heterocycles. The van der Waals surface area contributed by atoms with Crippen LogP contribution in [0.1, 0.15) is 11.6 Å². The topological polar surface area (TPSA) is 34.1 Å². The zero-order chi connectivity index (χ0) is 9.80. The molecular formula is C11H16N2O. The second kappa shape index (κ2) is 4.53. The van der Waals surface area contributed by atoms with Crippen molar-refractivity contribution < 1.29 is 4.74 Å². The van der Waals surface area contributed by atoms with Crippen LogP contribution in [0.15, 0.2) is 24.4 Å². The van der Waals surface area contributed by atoms with E-state index in [1.54, 1.807) is 7.11 Å². The molecular weight excluding hydrogens is 176 g/mol. The lowest BCUT2D eigenvalue weighted by molar-refractivity contribution is 0.152. The number of pyridine rings is 1. The minimum atomic E-state index is 0.510. The second-order valence-electron chi connectivity index (χ2n) is 3.73. The molecule has 2 rings (SSSR count). The van der Waals surface area contributed by atoms with E-state index in [1.807, 2.05) is 18.3 Å². The Morgan fingerprint density at radius 1 is 1.50 bits per heavy atom. The van der Waals surface area contributed by atoms with Crippen molar-refractivity contribution in [3.05, 3.63) is 30.1 Å². The average molecular weight is 192 g/mol. The van der Waals surface area contributed by atoms with Gasteiger partial charge < -0.3 is 10.1 Å². The van der Waals surface area contributed by atoms with Crippen LogP contribution >= 0.6 is 0 Å². The Bertz CT molecular complexity index is 276. The molecule has 0 aromatic carbocycles. The molecule has 1 saturated heterocycles. The summed E-state index contributed by atoms with van der Waals surface area (Å²) < 4.78 is 5.21. The fraction of sp³-hybridized carbons (Fsp3) is 0.545. The van der Waals surface area contributed by atoms with Gasteiger partial charge in [0.15, 0.2) is 0 Å². The van der Waals surface area contributed by atoms with Crippen LogP contribution in [0.5, 0.6) is 0 Å². The molecule has 1 aromatic rings. The van der Waals surface area contributed by atoms with Gasteiger partial charge in [-0.1, -0.05) is 6.07 Å². The van der Waals surface area contributed by atoms with E-state index in [2.05, 4.69) is 16.4 Å². The molecule has 0 spiro atoms. The number of rotatable bonds is 3. The third kappa shape index (κ3) is 1.94. The van der Waals surface area contributed by atoms with E-state index in [1.165, 1.54) is 5.69 Å². The molecule has 1 fully saturated rings. The quantitative estimate of drug-likeness (QED) is 0.776. The molecule has 2 atom stereocenters. The van der Waals surface area contributed by atoms with Gasteiger partial charge in [-0.3, -0.25) is 4.98 Å². The molecule has 0 saturated carbocycles. The van der Waals surface area contributed by atoms with Crippen LogP contribution in [0.3, 0.4) is 0 Å². The number of ether oxygens (including phenoxy) is 1. The summed E-state index contributed by atoms with van der Waals surface area (Å²) in [6.45, 7) is 2.87. The lowest BCUT2D eigenvalue weighted by atomic mass is 9.93. The van der Waals surface area contributed by atoms with Gasteiger partial charge in [0, 0.05) is 43.9 Å². The molecule has 0 radical (unpaired) electrons. The predicted molar refractivity (Wildman–Crippen MR) is 55.2 cm³/mol. The van der Waals surface area contributed by atoms with Gasteiger partial charge in [0.2, 0.25) is 0 Å². The fourth-order valence-electron chi connectivity index (χ4n) is 2.06. The maximum atomic E-state index is 5.21. The lowest BCUT2D eigenvalue weighted by Gasteiger charge is -2.16. The molecule has 14 heavy (non-hydrogen) atoms. The van der Waals surface area contributed by atoms with Gasteiger partial charge in [-0.2, -0.15) is 0 Å². The van der Waals surface area contributed by atoms with Gasteiger partial charge in [-0.05, 0) is 12.1 Å². The molecule has 1 aliphatic heterocycles. The smallest absolute Gasteiger partial charge is 0.0509 e. The van der Waals surface area contributed by atoms with Crippen molar-refractivity contribution in [2.24, 2.45) is 5.92 Å². The molecule has 0 amide bonds. The summed E-state index contributed by atoms with van der Waals surface area (Å²) in [5.74, 6) is 1.08. The molecule has 3 nitrogen and oxygen atoms in total. The minimum Gasteiger partial charge on any atom is -0.384 e. The SMILES string of the molecule is COC[C@H]1CNC[C@@H]1c1ccccn1. The van der Waals surface area contributed by atoms with Gasteiger partial charge >= 0.3 is 0 Å². The molecule has 3 heteroatoms. The number of nitrogens with one attached hydrogen (secondary N) is 1. The van der Waals surface area contributed by atoms with Gasteiger partial charge in [-0.15, -0.1) is 0 Å². The van der Waals surface area contributed by atoms with Crippen molar-refractivity contribution in [2.45, 2.75) is 5.92 Å². The first-order chi connectivity index (χ1) is 6.92. The number of aromatic nitrogens is 1. The van der Waals surface area contributed by atoms with Crippen LogP contribution in [0, 0.1) is 5.92 Å². The van der Waals surface area contributed by atoms with Crippen molar-refractivity contribution in [1.29, 1.82) is 0 Å². The van der Waals surface area contributed by atoms with Crippen molar-refractivity contribution in [2.75, 3.05) is 26.8 Å². The summed E-state index contributed by atoms with van der Waals surface area (Å²) in [4.78, 5) is 4.40. The zero-order valence-corrected chi connectivity index (χ0v) is 8.44. The van der Waals surface area contributed by atoms with E-state index in [-0.39, 0.29) is 0 Å². The first-order valence-corrected chi connectivity index (χ1v) is 5.02. The molecule has 1 aliphatic rings. The Kier molecular flexibility index (Phi) is 3.11. The Labute approximate surface area is 84.5 Å². The fourth-order valence-corrected chi connectivity index (χ4v) is 2.06. The van der Waals surface area contributed by atoms with Crippen LogP contribution in [0.4, 0.5) is 0 Å². The largest absolute Gasteiger partial charge is 0.384 e. The summed E-state index contributed by atoms with van der Waals surface area (Å²) in [6, 6.07) is 6.10. The summed E-state index contributed by atoms with van der Waals surface area (Å²) >= 11 is 0. The van der Waals surface area contributed by atoms with Gasteiger partial charge in [0.05, 0.1) is 6.61 Å². The van der Waals surface area contributed by atoms with Crippen LogP contribution in [0.2, 0.25) is 0 Å². The van der Waals surface area contributed by atoms with E-state index in [0.29, 0.717) is 11.8 Å². The van der Waals surface area contributed by atoms with Crippen molar-refractivity contribution in [3.8, 4) is 0 Å². The second-order valence-corrected chi connectivity index (χ2v) is 3.73. The first kappa shape index (κ1) is 9.62. The monoisotopic (exact) mass is 192 g/mol. The van der Waals surface area contributed by atoms with E-state index >= 15 is 0 Å². The number of nitrogens with zero attached hydrogens (tertiary/aromatic N) is 1. The number of methoxy groups -OCH3 is 1. The van der Waals surface area contributed by atoms with Crippen molar-refractivity contribution in [1.82, 2.24) is 10.3 Å². The van der Waals surface area contributed by atoms with E-state index in [0.717, 1.165) is 19.7 Å². The normalized spacial score (nSPS) is 26.6. The highest BCUT2D eigenvalue weighted by Gasteiger charge is 2.28. The van der Waals surface area contributed by atoms with Crippen LogP contribution in [-0.2, 0) is 4.74 Å². The molecule has 0 unspecified atom stereocenters. The standard InChI is InChI=1S/C11H16N2O/c1-14-8-9-6-12-7-10(9)11-4-2-3-5-13-11/h2-5,9-10,12H,6-8H2,1H3/t9-,10+/m1/s1. The highest BCUT2D eigenvalue weighted by Crippen LogP contribution is 2.26. The third-order valence-corrected chi connectivity index (χ3v) is 2.79. The van der Waals surface area contributed by atoms with Gasteiger partial charge in [-0.25, -0.2) is 0 Å². The molecule has 1 N–H and O–H groups in total. The maximum Gasteiger partial charge on any atom is 0.0509 e. The number of hydrogen-bond donors (Lipinski definition) is 1. The average Bonchev–Trinajstić information content (AvgIpc) is 2.68. The predicted octanol–water partition coefficient (Wildman–Crippen LogP) is 1.03. The molecule has 76 valence electrons. The Morgan fingerprint density at radius 2 is 2.43 bits per heavy atom. The Hall–Kier alpha value is -0.930. The summed E-state index contributed by atoms with van der Waals surface area (Å²) in [6.07, 6.45) is 1.86. The van der Waals surface area contributed by atoms with Crippen LogP contribution in [-0.4, -0.2) is 31.8 Å². The number of hydrogen-bond acceptors (Lipinski definition) is 3. The van der Waals surface area contributed by atoms with Crippen LogP contribution in [0.25, 0.3) is 0 Å². The molecule has 2 heterocycles. The van der Waals surface area contributed by atoms with Crippen molar-refractivity contribution in [3.63, 3.8) is 0 Å². The maximum absolute atomic E-state index is 5.21. The van der Waals surface area contributed by atoms with Gasteiger partial charge in [0.25, 0.3) is 0 Å². The third-order valence-electron chi connectivity index (χ3n) is 2.79. The summed E-state index contributed by atoms with van der Waals surface area (Å²) in [5, 5.41) is 3.39. The van der Waals surface area contributed by atoms with E-state index in [9.17, 15) is 0 Å². The lowest BCUT2D eigenvalue weighted by Crippen LogP contribution is -2.17. The summed E-state index contributed by atoms with van der Waals surface area (Å²) in [5.41, 5.74) is 1.18.